The molecule has 3 rings (SSSR count). The summed E-state index contributed by atoms with van der Waals surface area (Å²) in [5.74, 6) is 2.32. The van der Waals surface area contributed by atoms with Gasteiger partial charge in [0.2, 0.25) is 5.91 Å². The van der Waals surface area contributed by atoms with E-state index in [4.69, 9.17) is 0 Å². The number of fused-ring (bicyclic) bond motifs is 1. The molecule has 0 aromatic heterocycles. The van der Waals surface area contributed by atoms with Gasteiger partial charge in [-0.25, -0.2) is 0 Å². The van der Waals surface area contributed by atoms with Crippen LogP contribution >= 0.6 is 0 Å². The molecule has 102 valence electrons. The number of amides is 1. The van der Waals surface area contributed by atoms with Crippen LogP contribution in [0.1, 0.15) is 50.6 Å². The predicted molar refractivity (Wildman–Crippen MR) is 76.6 cm³/mol. The van der Waals surface area contributed by atoms with Crippen molar-refractivity contribution in [2.45, 2.75) is 45.1 Å². The predicted octanol–water partition coefficient (Wildman–Crippen LogP) is 3.69. The number of carbonyl (C=O) groups is 1. The van der Waals surface area contributed by atoms with Crippen LogP contribution in [0.25, 0.3) is 0 Å². The van der Waals surface area contributed by atoms with Crippen LogP contribution in [0.3, 0.4) is 0 Å². The van der Waals surface area contributed by atoms with Gasteiger partial charge in [0, 0.05) is 5.92 Å². The largest absolute Gasteiger partial charge is 0.349 e. The first-order valence-corrected chi connectivity index (χ1v) is 7.63. The Morgan fingerprint density at radius 3 is 2.53 bits per heavy atom. The van der Waals surface area contributed by atoms with Gasteiger partial charge in [-0.3, -0.25) is 4.79 Å². The molecule has 19 heavy (non-hydrogen) atoms. The van der Waals surface area contributed by atoms with E-state index in [1.807, 2.05) is 6.07 Å². The SMILES string of the molecule is CCCC(NC(=O)C1CC2CC2C1)c1ccccc1. The molecule has 0 bridgehead atoms. The lowest BCUT2D eigenvalue weighted by Gasteiger charge is -2.21. The van der Waals surface area contributed by atoms with E-state index in [1.165, 1.54) is 12.0 Å². The third-order valence-corrected chi connectivity index (χ3v) is 4.71. The summed E-state index contributed by atoms with van der Waals surface area (Å²) in [4.78, 5) is 12.4. The second-order valence-electron chi connectivity index (χ2n) is 6.18. The highest BCUT2D eigenvalue weighted by molar-refractivity contribution is 5.79. The number of hydrogen-bond acceptors (Lipinski definition) is 1. The van der Waals surface area contributed by atoms with Gasteiger partial charge in [-0.1, -0.05) is 43.7 Å². The minimum absolute atomic E-state index is 0.190. The van der Waals surface area contributed by atoms with Gasteiger partial charge < -0.3 is 5.32 Å². The highest BCUT2D eigenvalue weighted by Gasteiger charge is 2.48. The molecule has 1 aromatic carbocycles. The quantitative estimate of drug-likeness (QED) is 0.856. The van der Waals surface area contributed by atoms with Crippen molar-refractivity contribution < 1.29 is 4.79 Å². The van der Waals surface area contributed by atoms with Gasteiger partial charge in [-0.05, 0) is 43.1 Å². The molecule has 2 aliphatic carbocycles. The van der Waals surface area contributed by atoms with Crippen LogP contribution in [0.2, 0.25) is 0 Å². The summed E-state index contributed by atoms with van der Waals surface area (Å²) in [6.07, 6.45) is 5.75. The van der Waals surface area contributed by atoms with Crippen LogP contribution in [0.15, 0.2) is 30.3 Å². The van der Waals surface area contributed by atoms with Gasteiger partial charge in [0.05, 0.1) is 6.04 Å². The average Bonchev–Trinajstić information content (AvgIpc) is 3.05. The smallest absolute Gasteiger partial charge is 0.223 e. The molecule has 2 fully saturated rings. The van der Waals surface area contributed by atoms with Crippen LogP contribution in [0, 0.1) is 17.8 Å². The van der Waals surface area contributed by atoms with Gasteiger partial charge in [-0.2, -0.15) is 0 Å². The Kier molecular flexibility index (Phi) is 3.58. The fourth-order valence-corrected chi connectivity index (χ4v) is 3.51. The summed E-state index contributed by atoms with van der Waals surface area (Å²) in [6.45, 7) is 2.17. The lowest BCUT2D eigenvalue weighted by Crippen LogP contribution is -2.33. The van der Waals surface area contributed by atoms with Crippen molar-refractivity contribution in [1.82, 2.24) is 5.32 Å². The second kappa shape index (κ2) is 5.36. The molecule has 3 unspecified atom stereocenters. The molecule has 2 nitrogen and oxygen atoms in total. The summed E-state index contributed by atoms with van der Waals surface area (Å²) in [6, 6.07) is 10.6. The van der Waals surface area contributed by atoms with E-state index in [0.717, 1.165) is 37.5 Å². The minimum atomic E-state index is 0.190. The number of rotatable bonds is 5. The van der Waals surface area contributed by atoms with E-state index in [9.17, 15) is 4.79 Å². The Labute approximate surface area is 115 Å². The molecule has 0 heterocycles. The molecule has 0 saturated heterocycles. The summed E-state index contributed by atoms with van der Waals surface area (Å²) >= 11 is 0. The summed E-state index contributed by atoms with van der Waals surface area (Å²) in [5.41, 5.74) is 1.24. The van der Waals surface area contributed by atoms with E-state index >= 15 is 0 Å². The highest BCUT2D eigenvalue weighted by Crippen LogP contribution is 2.54. The fraction of sp³-hybridized carbons (Fsp3) is 0.588. The second-order valence-corrected chi connectivity index (χ2v) is 6.18. The third-order valence-electron chi connectivity index (χ3n) is 4.71. The molecule has 1 N–H and O–H groups in total. The van der Waals surface area contributed by atoms with Crippen LogP contribution in [-0.2, 0) is 4.79 Å². The summed E-state index contributed by atoms with van der Waals surface area (Å²) in [5, 5.41) is 3.28. The number of carbonyl (C=O) groups excluding carboxylic acids is 1. The number of benzene rings is 1. The first kappa shape index (κ1) is 12.7. The van der Waals surface area contributed by atoms with Gasteiger partial charge in [-0.15, -0.1) is 0 Å². The monoisotopic (exact) mass is 257 g/mol. The van der Waals surface area contributed by atoms with Gasteiger partial charge >= 0.3 is 0 Å². The topological polar surface area (TPSA) is 29.1 Å². The van der Waals surface area contributed by atoms with E-state index in [2.05, 4.69) is 36.5 Å². The summed E-state index contributed by atoms with van der Waals surface area (Å²) in [7, 11) is 0. The highest BCUT2D eigenvalue weighted by atomic mass is 16.1. The van der Waals surface area contributed by atoms with Crippen LogP contribution in [0.4, 0.5) is 0 Å². The molecule has 2 heteroatoms. The van der Waals surface area contributed by atoms with E-state index in [1.54, 1.807) is 0 Å². The van der Waals surface area contributed by atoms with Crippen LogP contribution in [0.5, 0.6) is 0 Å². The van der Waals surface area contributed by atoms with E-state index < -0.39 is 0 Å². The zero-order valence-corrected chi connectivity index (χ0v) is 11.6. The molecule has 3 atom stereocenters. The van der Waals surface area contributed by atoms with E-state index in [-0.39, 0.29) is 17.9 Å². The molecule has 0 aliphatic heterocycles. The van der Waals surface area contributed by atoms with Crippen molar-refractivity contribution in [2.75, 3.05) is 0 Å². The summed E-state index contributed by atoms with van der Waals surface area (Å²) < 4.78 is 0. The first-order valence-electron chi connectivity index (χ1n) is 7.63. The Hall–Kier alpha value is -1.31. The zero-order valence-electron chi connectivity index (χ0n) is 11.6. The molecular weight excluding hydrogens is 234 g/mol. The maximum atomic E-state index is 12.4. The van der Waals surface area contributed by atoms with Crippen LogP contribution < -0.4 is 5.32 Å². The Morgan fingerprint density at radius 1 is 1.21 bits per heavy atom. The maximum absolute atomic E-state index is 12.4. The maximum Gasteiger partial charge on any atom is 0.223 e. The number of hydrogen-bond donors (Lipinski definition) is 1. The Bertz CT molecular complexity index is 432. The van der Waals surface area contributed by atoms with Crippen molar-refractivity contribution >= 4 is 5.91 Å². The fourth-order valence-electron chi connectivity index (χ4n) is 3.51. The molecule has 2 aliphatic rings. The van der Waals surface area contributed by atoms with Crippen molar-refractivity contribution in [3.8, 4) is 0 Å². The van der Waals surface area contributed by atoms with Crippen molar-refractivity contribution in [1.29, 1.82) is 0 Å². The average molecular weight is 257 g/mol. The third kappa shape index (κ3) is 2.83. The van der Waals surface area contributed by atoms with Crippen molar-refractivity contribution in [3.63, 3.8) is 0 Å². The first-order chi connectivity index (χ1) is 9.28. The normalized spacial score (nSPS) is 29.6. The Balaban J connectivity index is 1.62. The lowest BCUT2D eigenvalue weighted by molar-refractivity contribution is -0.125. The van der Waals surface area contributed by atoms with Gasteiger partial charge in [0.1, 0.15) is 0 Å². The number of nitrogens with one attached hydrogen (secondary N) is 1. The molecule has 2 saturated carbocycles. The minimum Gasteiger partial charge on any atom is -0.349 e. The molecule has 0 spiro atoms. The molecule has 1 aromatic rings. The van der Waals surface area contributed by atoms with E-state index in [0.29, 0.717) is 0 Å². The molecular formula is C17H23NO. The molecule has 0 radical (unpaired) electrons. The lowest BCUT2D eigenvalue weighted by atomic mass is 9.98. The Morgan fingerprint density at radius 2 is 1.89 bits per heavy atom. The van der Waals surface area contributed by atoms with Crippen molar-refractivity contribution in [2.24, 2.45) is 17.8 Å². The zero-order chi connectivity index (χ0) is 13.2. The standard InChI is InChI=1S/C17H23NO/c1-2-6-16(12-7-4-3-5-8-12)18-17(19)15-10-13-9-14(13)11-15/h3-5,7-8,13-16H,2,6,9-11H2,1H3,(H,18,19). The van der Waals surface area contributed by atoms with Crippen molar-refractivity contribution in [3.05, 3.63) is 35.9 Å². The van der Waals surface area contributed by atoms with Gasteiger partial charge in [0.15, 0.2) is 0 Å². The molecule has 1 amide bonds. The van der Waals surface area contributed by atoms with Crippen LogP contribution in [-0.4, -0.2) is 5.91 Å². The van der Waals surface area contributed by atoms with Gasteiger partial charge in [0.25, 0.3) is 0 Å².